The molecule has 0 fully saturated rings. The van der Waals surface area contributed by atoms with Crippen molar-refractivity contribution in [2.45, 2.75) is 0 Å². The summed E-state index contributed by atoms with van der Waals surface area (Å²) >= 11 is 0. The quantitative estimate of drug-likeness (QED) is 0.526. The minimum atomic E-state index is -0.213. The maximum absolute atomic E-state index is 12.3. The van der Waals surface area contributed by atoms with E-state index in [0.29, 0.717) is 0 Å². The Morgan fingerprint density at radius 1 is 1.07 bits per heavy atom. The van der Waals surface area contributed by atoms with Crippen molar-refractivity contribution in [1.29, 1.82) is 0 Å². The number of nitrogens with one attached hydrogen (secondary N) is 2. The van der Waals surface area contributed by atoms with Gasteiger partial charge in [0.25, 0.3) is 0 Å². The molecule has 0 unspecified atom stereocenters. The van der Waals surface area contributed by atoms with Gasteiger partial charge in [-0.3, -0.25) is 19.6 Å². The van der Waals surface area contributed by atoms with Crippen molar-refractivity contribution in [3.8, 4) is 22.4 Å². The van der Waals surface area contributed by atoms with E-state index < -0.39 is 0 Å². The molecule has 0 atom stereocenters. The number of pyridine rings is 1. The lowest BCUT2D eigenvalue weighted by molar-refractivity contribution is -0.111. The Morgan fingerprint density at radius 2 is 1.93 bits per heavy atom. The van der Waals surface area contributed by atoms with Gasteiger partial charge in [0.1, 0.15) is 0 Å². The van der Waals surface area contributed by atoms with Crippen molar-refractivity contribution < 1.29 is 4.79 Å². The third-order valence-corrected chi connectivity index (χ3v) is 4.25. The number of rotatable bonds is 5. The van der Waals surface area contributed by atoms with E-state index in [1.165, 1.54) is 6.08 Å². The Hall–Kier alpha value is -4.00. The molecule has 0 bridgehead atoms. The van der Waals surface area contributed by atoms with Gasteiger partial charge in [0.05, 0.1) is 11.9 Å². The predicted molar refractivity (Wildman–Crippen MR) is 108 cm³/mol. The van der Waals surface area contributed by atoms with Gasteiger partial charge in [-0.1, -0.05) is 12.1 Å². The maximum Gasteiger partial charge on any atom is 0.248 e. The smallest absolute Gasteiger partial charge is 0.248 e. The highest BCUT2D eigenvalue weighted by Crippen LogP contribution is 2.23. The number of benzene rings is 1. The highest BCUT2D eigenvalue weighted by molar-refractivity contribution is 6.02. The van der Waals surface area contributed by atoms with Crippen LogP contribution >= 0.6 is 0 Å². The average Bonchev–Trinajstić information content (AvgIpc) is 3.39. The van der Waals surface area contributed by atoms with Crippen LogP contribution in [0, 0.1) is 0 Å². The lowest BCUT2D eigenvalue weighted by Crippen LogP contribution is -2.07. The molecule has 1 aromatic carbocycles. The molecule has 4 rings (SSSR count). The summed E-state index contributed by atoms with van der Waals surface area (Å²) in [6, 6.07) is 11.4. The number of aromatic nitrogens is 5. The van der Waals surface area contributed by atoms with Crippen LogP contribution in [-0.4, -0.2) is 30.9 Å². The van der Waals surface area contributed by atoms with Crippen LogP contribution in [0.25, 0.3) is 28.5 Å². The lowest BCUT2D eigenvalue weighted by atomic mass is 10.0. The van der Waals surface area contributed by atoms with E-state index in [9.17, 15) is 4.79 Å². The first-order valence-electron chi connectivity index (χ1n) is 8.71. The van der Waals surface area contributed by atoms with E-state index in [4.69, 9.17) is 0 Å². The topological polar surface area (TPSA) is 88.5 Å². The number of aryl methyl sites for hydroxylation is 1. The van der Waals surface area contributed by atoms with Gasteiger partial charge in [0.15, 0.2) is 0 Å². The minimum Gasteiger partial charge on any atom is -0.323 e. The molecule has 0 spiro atoms. The zero-order chi connectivity index (χ0) is 19.3. The summed E-state index contributed by atoms with van der Waals surface area (Å²) in [5.74, 6) is -0.213. The van der Waals surface area contributed by atoms with E-state index in [1.807, 2.05) is 49.6 Å². The zero-order valence-electron chi connectivity index (χ0n) is 15.2. The number of hydrogen-bond donors (Lipinski definition) is 2. The molecular weight excluding hydrogens is 352 g/mol. The number of carbonyl (C=O) groups excluding carboxylic acids is 1. The highest BCUT2D eigenvalue weighted by Gasteiger charge is 2.06. The zero-order valence-corrected chi connectivity index (χ0v) is 15.2. The summed E-state index contributed by atoms with van der Waals surface area (Å²) in [6.45, 7) is 0. The molecule has 28 heavy (non-hydrogen) atoms. The molecule has 0 aliphatic rings. The van der Waals surface area contributed by atoms with Crippen molar-refractivity contribution in [1.82, 2.24) is 25.0 Å². The van der Waals surface area contributed by atoms with Crippen LogP contribution in [0.2, 0.25) is 0 Å². The Morgan fingerprint density at radius 3 is 2.64 bits per heavy atom. The second kappa shape index (κ2) is 7.71. The van der Waals surface area contributed by atoms with Gasteiger partial charge in [-0.25, -0.2) is 0 Å². The van der Waals surface area contributed by atoms with Crippen LogP contribution in [-0.2, 0) is 11.8 Å². The van der Waals surface area contributed by atoms with Gasteiger partial charge in [-0.05, 0) is 41.5 Å². The molecule has 2 N–H and O–H groups in total. The maximum atomic E-state index is 12.3. The van der Waals surface area contributed by atoms with Crippen LogP contribution < -0.4 is 5.32 Å². The molecule has 0 saturated heterocycles. The number of aromatic amines is 1. The third-order valence-electron chi connectivity index (χ3n) is 4.25. The predicted octanol–water partition coefficient (Wildman–Crippen LogP) is 3.52. The van der Waals surface area contributed by atoms with Crippen molar-refractivity contribution in [3.63, 3.8) is 0 Å². The Labute approximate surface area is 161 Å². The van der Waals surface area contributed by atoms with Crippen LogP contribution in [0.3, 0.4) is 0 Å². The summed E-state index contributed by atoms with van der Waals surface area (Å²) in [4.78, 5) is 16.5. The number of amides is 1. The number of H-pyrrole nitrogens is 1. The van der Waals surface area contributed by atoms with E-state index in [-0.39, 0.29) is 5.91 Å². The van der Waals surface area contributed by atoms with Crippen LogP contribution in [0.1, 0.15) is 5.56 Å². The molecule has 3 heterocycles. The van der Waals surface area contributed by atoms with Gasteiger partial charge in [-0.2, -0.15) is 10.2 Å². The van der Waals surface area contributed by atoms with Crippen LogP contribution in [0.15, 0.2) is 73.5 Å². The normalized spacial score (nSPS) is 11.0. The minimum absolute atomic E-state index is 0.213. The molecule has 4 aromatic rings. The second-order valence-corrected chi connectivity index (χ2v) is 6.24. The third kappa shape index (κ3) is 3.88. The van der Waals surface area contributed by atoms with Gasteiger partial charge in [-0.15, -0.1) is 0 Å². The fourth-order valence-corrected chi connectivity index (χ4v) is 2.86. The number of carbonyl (C=O) groups is 1. The molecule has 3 aromatic heterocycles. The van der Waals surface area contributed by atoms with Crippen molar-refractivity contribution in [2.24, 2.45) is 7.05 Å². The SMILES string of the molecule is Cn1cc(-c2ccncc2/C=C/C(=O)Nc2ccc(-c3ccn[nH]3)cc2)cn1. The summed E-state index contributed by atoms with van der Waals surface area (Å²) in [7, 11) is 1.87. The lowest BCUT2D eigenvalue weighted by Gasteiger charge is -2.05. The molecule has 7 heteroatoms. The molecule has 138 valence electrons. The Balaban J connectivity index is 1.46. The van der Waals surface area contributed by atoms with Crippen molar-refractivity contribution in [2.75, 3.05) is 5.32 Å². The van der Waals surface area contributed by atoms with Gasteiger partial charge < -0.3 is 5.32 Å². The summed E-state index contributed by atoms with van der Waals surface area (Å²) in [6.07, 6.45) is 12.1. The molecule has 7 nitrogen and oxygen atoms in total. The van der Waals surface area contributed by atoms with E-state index in [0.717, 1.165) is 33.6 Å². The van der Waals surface area contributed by atoms with Gasteiger partial charge >= 0.3 is 0 Å². The number of anilines is 1. The fraction of sp³-hybridized carbons (Fsp3) is 0.0476. The monoisotopic (exact) mass is 370 g/mol. The first-order valence-corrected chi connectivity index (χ1v) is 8.71. The van der Waals surface area contributed by atoms with Crippen molar-refractivity contribution in [3.05, 3.63) is 79.0 Å². The summed E-state index contributed by atoms with van der Waals surface area (Å²) in [5.41, 5.74) is 5.44. The molecule has 0 aliphatic carbocycles. The standard InChI is InChI=1S/C21H18N6O/c1-27-14-17(13-24-27)19-8-10-22-12-16(19)4-7-21(28)25-18-5-2-15(3-6-18)20-9-11-23-26-20/h2-14H,1H3,(H,23,26)(H,25,28)/b7-4+. The fourth-order valence-electron chi connectivity index (χ4n) is 2.86. The molecule has 0 radical (unpaired) electrons. The largest absolute Gasteiger partial charge is 0.323 e. The van der Waals surface area contributed by atoms with Gasteiger partial charge in [0.2, 0.25) is 5.91 Å². The average molecular weight is 370 g/mol. The molecular formula is C21H18N6O. The first-order chi connectivity index (χ1) is 13.7. The Kier molecular flexibility index (Phi) is 4.79. The van der Waals surface area contributed by atoms with E-state index in [1.54, 1.807) is 35.5 Å². The first kappa shape index (κ1) is 17.4. The van der Waals surface area contributed by atoms with E-state index >= 15 is 0 Å². The summed E-state index contributed by atoms with van der Waals surface area (Å²) < 4.78 is 1.74. The summed E-state index contributed by atoms with van der Waals surface area (Å²) in [5, 5.41) is 13.9. The molecule has 0 saturated carbocycles. The van der Waals surface area contributed by atoms with E-state index in [2.05, 4.69) is 25.6 Å². The second-order valence-electron chi connectivity index (χ2n) is 6.24. The van der Waals surface area contributed by atoms with Crippen LogP contribution in [0.5, 0.6) is 0 Å². The molecule has 1 amide bonds. The highest BCUT2D eigenvalue weighted by atomic mass is 16.1. The number of hydrogen-bond acceptors (Lipinski definition) is 4. The number of nitrogens with zero attached hydrogens (tertiary/aromatic N) is 4. The van der Waals surface area contributed by atoms with Crippen molar-refractivity contribution >= 4 is 17.7 Å². The Bertz CT molecular complexity index is 1110. The molecule has 0 aliphatic heterocycles. The van der Waals surface area contributed by atoms with Gasteiger partial charge in [0, 0.05) is 54.7 Å². The van der Waals surface area contributed by atoms with Crippen LogP contribution in [0.4, 0.5) is 5.69 Å².